The van der Waals surface area contributed by atoms with E-state index >= 15 is 0 Å². The summed E-state index contributed by atoms with van der Waals surface area (Å²) in [6, 6.07) is 10.7. The van der Waals surface area contributed by atoms with E-state index < -0.39 is 0 Å². The van der Waals surface area contributed by atoms with Crippen LogP contribution < -0.4 is 0 Å². The van der Waals surface area contributed by atoms with Gasteiger partial charge in [0.1, 0.15) is 0 Å². The van der Waals surface area contributed by atoms with Gasteiger partial charge in [0, 0.05) is 6.20 Å². The third-order valence-electron chi connectivity index (χ3n) is 3.52. The molecule has 0 aliphatic carbocycles. The summed E-state index contributed by atoms with van der Waals surface area (Å²) in [5.41, 5.74) is 5.64. The minimum Gasteiger partial charge on any atom is -0.329 e. The molecule has 4 heteroatoms. The first-order valence-electron chi connectivity index (χ1n) is 6.80. The van der Waals surface area contributed by atoms with E-state index in [0.29, 0.717) is 0 Å². The molecule has 102 valence electrons. The fourth-order valence-electron chi connectivity index (χ4n) is 2.36. The molecule has 0 bridgehead atoms. The van der Waals surface area contributed by atoms with Crippen LogP contribution in [0.15, 0.2) is 36.5 Å². The Bertz CT molecular complexity index is 797. The Hall–Kier alpha value is -1.94. The molecule has 0 aliphatic heterocycles. The number of aromatic nitrogens is 3. The largest absolute Gasteiger partial charge is 0.329 e. The Kier molecular flexibility index (Phi) is 3.40. The Morgan fingerprint density at radius 1 is 1.20 bits per heavy atom. The molecular weight excluding hydrogens is 266 g/mol. The fourth-order valence-corrected chi connectivity index (χ4v) is 2.62. The Balaban J connectivity index is 2.01. The number of fused-ring (bicyclic) bond motifs is 1. The minimum atomic E-state index is 0.720. The normalized spacial score (nSPS) is 11.1. The highest BCUT2D eigenvalue weighted by Gasteiger charge is 2.06. The average molecular weight is 283 g/mol. The molecule has 0 spiro atoms. The molecule has 2 aromatic heterocycles. The van der Waals surface area contributed by atoms with Gasteiger partial charge in [0.05, 0.1) is 12.1 Å². The minimum absolute atomic E-state index is 0.720. The summed E-state index contributed by atoms with van der Waals surface area (Å²) in [5.74, 6) is 0. The summed E-state index contributed by atoms with van der Waals surface area (Å²) < 4.78 is 2.77. The summed E-state index contributed by atoms with van der Waals surface area (Å²) in [6.45, 7) is 4.94. The maximum Gasteiger partial charge on any atom is 0.179 e. The molecule has 0 amide bonds. The molecule has 20 heavy (non-hydrogen) atoms. The number of hydrogen-bond acceptors (Lipinski definition) is 2. The van der Waals surface area contributed by atoms with Gasteiger partial charge in [-0.1, -0.05) is 31.2 Å². The van der Waals surface area contributed by atoms with E-state index in [1.165, 1.54) is 11.1 Å². The second-order valence-electron chi connectivity index (χ2n) is 5.07. The van der Waals surface area contributed by atoms with E-state index in [0.717, 1.165) is 34.5 Å². The van der Waals surface area contributed by atoms with E-state index in [1.54, 1.807) is 0 Å². The number of nitrogens with zero attached hydrogens (tertiary/aromatic N) is 2. The quantitative estimate of drug-likeness (QED) is 0.737. The highest BCUT2D eigenvalue weighted by molar-refractivity contribution is 7.71. The first-order valence-corrected chi connectivity index (χ1v) is 7.21. The van der Waals surface area contributed by atoms with Gasteiger partial charge in [-0.15, -0.1) is 0 Å². The molecule has 0 fully saturated rings. The van der Waals surface area contributed by atoms with Crippen LogP contribution >= 0.6 is 12.2 Å². The number of hydrogen-bond donors (Lipinski definition) is 1. The van der Waals surface area contributed by atoms with Crippen LogP contribution in [0.2, 0.25) is 0 Å². The van der Waals surface area contributed by atoms with Crippen molar-refractivity contribution in [2.24, 2.45) is 0 Å². The molecule has 0 radical (unpaired) electrons. The van der Waals surface area contributed by atoms with Crippen LogP contribution in [-0.4, -0.2) is 14.5 Å². The van der Waals surface area contributed by atoms with Crippen LogP contribution in [0.3, 0.4) is 0 Å². The molecule has 0 atom stereocenters. The second-order valence-corrected chi connectivity index (χ2v) is 5.46. The topological polar surface area (TPSA) is 33.6 Å². The lowest BCUT2D eigenvalue weighted by Crippen LogP contribution is -2.01. The van der Waals surface area contributed by atoms with Crippen molar-refractivity contribution in [1.29, 1.82) is 0 Å². The fraction of sp³-hybridized carbons (Fsp3) is 0.250. The summed E-state index contributed by atoms with van der Waals surface area (Å²) in [7, 11) is 0. The molecule has 0 saturated carbocycles. The number of aromatic amines is 1. The summed E-state index contributed by atoms with van der Waals surface area (Å²) >= 11 is 5.41. The van der Waals surface area contributed by atoms with Crippen LogP contribution in [0.4, 0.5) is 0 Å². The van der Waals surface area contributed by atoms with Crippen LogP contribution in [-0.2, 0) is 13.0 Å². The lowest BCUT2D eigenvalue weighted by Gasteiger charge is -2.05. The molecule has 3 nitrogen and oxygen atoms in total. The van der Waals surface area contributed by atoms with Crippen molar-refractivity contribution in [3.63, 3.8) is 0 Å². The highest BCUT2D eigenvalue weighted by Crippen LogP contribution is 2.15. The summed E-state index contributed by atoms with van der Waals surface area (Å²) in [5, 5.41) is 0. The Morgan fingerprint density at radius 2 is 1.90 bits per heavy atom. The second kappa shape index (κ2) is 5.21. The van der Waals surface area contributed by atoms with E-state index in [4.69, 9.17) is 12.2 Å². The van der Waals surface area contributed by atoms with Gasteiger partial charge >= 0.3 is 0 Å². The molecule has 0 saturated heterocycles. The predicted octanol–water partition coefficient (Wildman–Crippen LogP) is 4.01. The number of nitrogens with one attached hydrogen (secondary N) is 1. The number of H-pyrrole nitrogens is 1. The monoisotopic (exact) mass is 283 g/mol. The van der Waals surface area contributed by atoms with Crippen LogP contribution in [0.1, 0.15) is 23.6 Å². The SMILES string of the molecule is CCc1ccc(Cn2c(=S)[nH]c3cc(C)cnc32)cc1. The van der Waals surface area contributed by atoms with Crippen LogP contribution in [0.5, 0.6) is 0 Å². The number of imidazole rings is 1. The van der Waals surface area contributed by atoms with Crippen LogP contribution in [0, 0.1) is 11.7 Å². The molecule has 1 N–H and O–H groups in total. The Morgan fingerprint density at radius 3 is 2.60 bits per heavy atom. The van der Waals surface area contributed by atoms with Crippen molar-refractivity contribution in [3.8, 4) is 0 Å². The number of benzene rings is 1. The zero-order valence-electron chi connectivity index (χ0n) is 11.7. The molecule has 3 rings (SSSR count). The molecule has 0 aliphatic rings. The summed E-state index contributed by atoms with van der Waals surface area (Å²) in [6.07, 6.45) is 2.94. The van der Waals surface area contributed by atoms with Gasteiger partial charge in [-0.3, -0.25) is 4.57 Å². The molecule has 3 aromatic rings. The molecule has 1 aromatic carbocycles. The zero-order valence-corrected chi connectivity index (χ0v) is 12.5. The Labute approximate surface area is 123 Å². The van der Waals surface area contributed by atoms with Crippen molar-refractivity contribution in [2.75, 3.05) is 0 Å². The van der Waals surface area contributed by atoms with Crippen molar-refractivity contribution in [1.82, 2.24) is 14.5 Å². The highest BCUT2D eigenvalue weighted by atomic mass is 32.1. The number of rotatable bonds is 3. The van der Waals surface area contributed by atoms with E-state index in [-0.39, 0.29) is 0 Å². The standard InChI is InChI=1S/C16H17N3S/c1-3-12-4-6-13(7-5-12)10-19-15-14(18-16(19)20)8-11(2)9-17-15/h4-9H,3,10H2,1-2H3,(H,18,20). The molecule has 0 unspecified atom stereocenters. The van der Waals surface area contributed by atoms with Gasteiger partial charge < -0.3 is 4.98 Å². The van der Waals surface area contributed by atoms with Crippen molar-refractivity contribution in [2.45, 2.75) is 26.8 Å². The zero-order chi connectivity index (χ0) is 14.1. The van der Waals surface area contributed by atoms with Crippen molar-refractivity contribution >= 4 is 23.4 Å². The first-order chi connectivity index (χ1) is 9.67. The lowest BCUT2D eigenvalue weighted by molar-refractivity contribution is 0.800. The molecular formula is C16H17N3S. The number of pyridine rings is 1. The summed E-state index contributed by atoms with van der Waals surface area (Å²) in [4.78, 5) is 7.72. The van der Waals surface area contributed by atoms with Gasteiger partial charge in [-0.2, -0.15) is 0 Å². The lowest BCUT2D eigenvalue weighted by atomic mass is 10.1. The van der Waals surface area contributed by atoms with E-state index in [1.807, 2.05) is 17.7 Å². The van der Waals surface area contributed by atoms with E-state index in [2.05, 4.69) is 47.2 Å². The maximum atomic E-state index is 5.41. The van der Waals surface area contributed by atoms with Crippen molar-refractivity contribution < 1.29 is 0 Å². The van der Waals surface area contributed by atoms with Gasteiger partial charge in [-0.25, -0.2) is 4.98 Å². The van der Waals surface area contributed by atoms with E-state index in [9.17, 15) is 0 Å². The van der Waals surface area contributed by atoms with Gasteiger partial charge in [0.15, 0.2) is 10.4 Å². The average Bonchev–Trinajstić information content (AvgIpc) is 2.75. The third kappa shape index (κ3) is 2.39. The van der Waals surface area contributed by atoms with Crippen LogP contribution in [0.25, 0.3) is 11.2 Å². The smallest absolute Gasteiger partial charge is 0.179 e. The number of aryl methyl sites for hydroxylation is 2. The first kappa shape index (κ1) is 13.1. The van der Waals surface area contributed by atoms with Gasteiger partial charge in [0.2, 0.25) is 0 Å². The van der Waals surface area contributed by atoms with Crippen molar-refractivity contribution in [3.05, 3.63) is 58.0 Å². The third-order valence-corrected chi connectivity index (χ3v) is 3.84. The van der Waals surface area contributed by atoms with Gasteiger partial charge in [0.25, 0.3) is 0 Å². The molecule has 2 heterocycles. The maximum absolute atomic E-state index is 5.41. The van der Waals surface area contributed by atoms with Gasteiger partial charge in [-0.05, 0) is 48.3 Å². The predicted molar refractivity (Wildman–Crippen MR) is 84.6 cm³/mol.